The molecule has 4 heteroatoms. The molecule has 1 aliphatic heterocycles. The lowest BCUT2D eigenvalue weighted by Crippen LogP contribution is -2.42. The molecule has 4 nitrogen and oxygen atoms in total. The van der Waals surface area contributed by atoms with Gasteiger partial charge in [0.1, 0.15) is 0 Å². The van der Waals surface area contributed by atoms with Gasteiger partial charge in [-0.25, -0.2) is 0 Å². The van der Waals surface area contributed by atoms with E-state index in [-0.39, 0.29) is 12.6 Å². The highest BCUT2D eigenvalue weighted by Gasteiger charge is 2.34. The van der Waals surface area contributed by atoms with E-state index in [1.165, 1.54) is 0 Å². The topological polar surface area (TPSA) is 60.8 Å². The molecule has 0 unspecified atom stereocenters. The molecule has 0 spiro atoms. The molecule has 14 heavy (non-hydrogen) atoms. The van der Waals surface area contributed by atoms with E-state index in [2.05, 4.69) is 4.90 Å². The van der Waals surface area contributed by atoms with Gasteiger partial charge in [-0.15, -0.1) is 0 Å². The Labute approximate surface area is 84.5 Å². The normalized spacial score (nSPS) is 24.1. The first-order chi connectivity index (χ1) is 6.47. The van der Waals surface area contributed by atoms with E-state index in [0.29, 0.717) is 6.54 Å². The maximum Gasteiger partial charge on any atom is 0.310 e. The Hall–Kier alpha value is -0.610. The first kappa shape index (κ1) is 11.5. The van der Waals surface area contributed by atoms with Gasteiger partial charge in [-0.3, -0.25) is 9.69 Å². The van der Waals surface area contributed by atoms with Gasteiger partial charge >= 0.3 is 5.97 Å². The molecule has 1 rings (SSSR count). The SMILES string of the molecule is CC(C)(CN1CCC[C@H]1CO)C(=O)O. The maximum absolute atomic E-state index is 10.9. The summed E-state index contributed by atoms with van der Waals surface area (Å²) in [5.74, 6) is -0.777. The van der Waals surface area contributed by atoms with Gasteiger partial charge in [0.05, 0.1) is 12.0 Å². The summed E-state index contributed by atoms with van der Waals surface area (Å²) in [5, 5.41) is 18.1. The molecule has 2 N–H and O–H groups in total. The molecule has 0 aromatic carbocycles. The number of carboxylic acid groups (broad SMARTS) is 1. The Morgan fingerprint density at radius 3 is 2.71 bits per heavy atom. The molecule has 0 aliphatic carbocycles. The number of likely N-dealkylation sites (tertiary alicyclic amines) is 1. The molecule has 0 aromatic heterocycles. The van der Waals surface area contributed by atoms with Crippen molar-refractivity contribution in [2.24, 2.45) is 5.41 Å². The largest absolute Gasteiger partial charge is 0.481 e. The highest BCUT2D eigenvalue weighted by atomic mass is 16.4. The molecule has 0 bridgehead atoms. The molecule has 0 radical (unpaired) electrons. The van der Waals surface area contributed by atoms with Crippen molar-refractivity contribution >= 4 is 5.97 Å². The zero-order valence-electron chi connectivity index (χ0n) is 8.86. The molecule has 0 saturated carbocycles. The van der Waals surface area contributed by atoms with E-state index in [1.807, 2.05) is 0 Å². The third kappa shape index (κ3) is 2.45. The predicted molar refractivity (Wildman–Crippen MR) is 53.1 cm³/mol. The molecule has 1 saturated heterocycles. The molecule has 1 heterocycles. The van der Waals surface area contributed by atoms with Crippen molar-refractivity contribution in [3.63, 3.8) is 0 Å². The second-order valence-electron chi connectivity index (χ2n) is 4.64. The number of aliphatic carboxylic acids is 1. The molecule has 0 amide bonds. The lowest BCUT2D eigenvalue weighted by atomic mass is 9.93. The van der Waals surface area contributed by atoms with E-state index in [1.54, 1.807) is 13.8 Å². The van der Waals surface area contributed by atoms with Crippen LogP contribution in [0.2, 0.25) is 0 Å². The van der Waals surface area contributed by atoms with Crippen LogP contribution in [-0.4, -0.2) is 46.8 Å². The lowest BCUT2D eigenvalue weighted by Gasteiger charge is -2.30. The minimum absolute atomic E-state index is 0.135. The summed E-state index contributed by atoms with van der Waals surface area (Å²) in [6, 6.07) is 0.161. The summed E-state index contributed by atoms with van der Waals surface area (Å²) in [4.78, 5) is 13.0. The average molecular weight is 201 g/mol. The van der Waals surface area contributed by atoms with Crippen molar-refractivity contribution in [1.29, 1.82) is 0 Å². The van der Waals surface area contributed by atoms with Crippen molar-refractivity contribution < 1.29 is 15.0 Å². The van der Waals surface area contributed by atoms with E-state index in [4.69, 9.17) is 10.2 Å². The molecule has 1 atom stereocenters. The van der Waals surface area contributed by atoms with Gasteiger partial charge < -0.3 is 10.2 Å². The van der Waals surface area contributed by atoms with E-state index >= 15 is 0 Å². The highest BCUT2D eigenvalue weighted by Crippen LogP contribution is 2.24. The Balaban J connectivity index is 2.54. The Morgan fingerprint density at radius 1 is 1.57 bits per heavy atom. The van der Waals surface area contributed by atoms with Crippen molar-refractivity contribution in [3.8, 4) is 0 Å². The molecule has 1 aliphatic rings. The number of hydrogen-bond acceptors (Lipinski definition) is 3. The smallest absolute Gasteiger partial charge is 0.310 e. The number of carboxylic acids is 1. The van der Waals surface area contributed by atoms with Crippen LogP contribution in [0.1, 0.15) is 26.7 Å². The monoisotopic (exact) mass is 201 g/mol. The standard InChI is InChI=1S/C10H19NO3/c1-10(2,9(13)14)7-11-5-3-4-8(11)6-12/h8,12H,3-7H2,1-2H3,(H,13,14)/t8-/m0/s1. The fourth-order valence-corrected chi connectivity index (χ4v) is 1.89. The third-order valence-corrected chi connectivity index (χ3v) is 2.89. The third-order valence-electron chi connectivity index (χ3n) is 2.89. The molecule has 1 fully saturated rings. The van der Waals surface area contributed by atoms with Crippen molar-refractivity contribution in [1.82, 2.24) is 4.90 Å². The predicted octanol–water partition coefficient (Wildman–Crippen LogP) is 0.554. The Bertz CT molecular complexity index is 215. The van der Waals surface area contributed by atoms with Crippen LogP contribution in [0.3, 0.4) is 0 Å². The van der Waals surface area contributed by atoms with Crippen LogP contribution in [0.15, 0.2) is 0 Å². The number of carbonyl (C=O) groups is 1. The van der Waals surface area contributed by atoms with Gasteiger partial charge in [-0.1, -0.05) is 0 Å². The van der Waals surface area contributed by atoms with Gasteiger partial charge in [0, 0.05) is 12.6 Å². The summed E-state index contributed by atoms with van der Waals surface area (Å²) >= 11 is 0. The van der Waals surface area contributed by atoms with Crippen molar-refractivity contribution in [2.45, 2.75) is 32.7 Å². The fraction of sp³-hybridized carbons (Fsp3) is 0.900. The number of hydrogen-bond donors (Lipinski definition) is 2. The number of aliphatic hydroxyl groups is 1. The Kier molecular flexibility index (Phi) is 3.50. The van der Waals surface area contributed by atoms with Crippen LogP contribution in [-0.2, 0) is 4.79 Å². The number of nitrogens with zero attached hydrogens (tertiary/aromatic N) is 1. The van der Waals surface area contributed by atoms with Crippen LogP contribution in [0, 0.1) is 5.41 Å². The summed E-state index contributed by atoms with van der Waals surface area (Å²) in [6.45, 7) is 5.01. The van der Waals surface area contributed by atoms with Crippen molar-refractivity contribution in [3.05, 3.63) is 0 Å². The molecular weight excluding hydrogens is 182 g/mol. The van der Waals surface area contributed by atoms with Gasteiger partial charge in [-0.2, -0.15) is 0 Å². The van der Waals surface area contributed by atoms with Crippen LogP contribution < -0.4 is 0 Å². The molecule has 0 aromatic rings. The first-order valence-electron chi connectivity index (χ1n) is 5.05. The van der Waals surface area contributed by atoms with Crippen LogP contribution >= 0.6 is 0 Å². The van der Waals surface area contributed by atoms with Gasteiger partial charge in [0.2, 0.25) is 0 Å². The molecule has 82 valence electrons. The summed E-state index contributed by atoms with van der Waals surface area (Å²) < 4.78 is 0. The van der Waals surface area contributed by atoms with E-state index in [9.17, 15) is 4.79 Å². The first-order valence-corrected chi connectivity index (χ1v) is 5.05. The van der Waals surface area contributed by atoms with Crippen LogP contribution in [0.4, 0.5) is 0 Å². The van der Waals surface area contributed by atoms with Gasteiger partial charge in [0.15, 0.2) is 0 Å². The van der Waals surface area contributed by atoms with Crippen LogP contribution in [0.5, 0.6) is 0 Å². The fourth-order valence-electron chi connectivity index (χ4n) is 1.89. The minimum atomic E-state index is -0.777. The second kappa shape index (κ2) is 4.28. The van der Waals surface area contributed by atoms with Crippen molar-refractivity contribution in [2.75, 3.05) is 19.7 Å². The quantitative estimate of drug-likeness (QED) is 0.697. The maximum atomic E-state index is 10.9. The van der Waals surface area contributed by atoms with E-state index < -0.39 is 11.4 Å². The average Bonchev–Trinajstić information content (AvgIpc) is 2.50. The Morgan fingerprint density at radius 2 is 2.21 bits per heavy atom. The zero-order chi connectivity index (χ0) is 10.8. The number of rotatable bonds is 4. The van der Waals surface area contributed by atoms with Gasteiger partial charge in [-0.05, 0) is 33.2 Å². The summed E-state index contributed by atoms with van der Waals surface area (Å²) in [5.41, 5.74) is -0.724. The van der Waals surface area contributed by atoms with E-state index in [0.717, 1.165) is 19.4 Å². The zero-order valence-corrected chi connectivity index (χ0v) is 8.86. The second-order valence-corrected chi connectivity index (χ2v) is 4.64. The summed E-state index contributed by atoms with van der Waals surface area (Å²) in [7, 11) is 0. The minimum Gasteiger partial charge on any atom is -0.481 e. The van der Waals surface area contributed by atoms with Gasteiger partial charge in [0.25, 0.3) is 0 Å². The lowest BCUT2D eigenvalue weighted by molar-refractivity contribution is -0.148. The van der Waals surface area contributed by atoms with Crippen LogP contribution in [0.25, 0.3) is 0 Å². The summed E-state index contributed by atoms with van der Waals surface area (Å²) in [6.07, 6.45) is 2.03. The highest BCUT2D eigenvalue weighted by molar-refractivity contribution is 5.73. The molecular formula is C10H19NO3. The number of aliphatic hydroxyl groups excluding tert-OH is 1.